The van der Waals surface area contributed by atoms with Gasteiger partial charge in [-0.3, -0.25) is 4.79 Å². The van der Waals surface area contributed by atoms with Crippen LogP contribution in [0, 0.1) is 0 Å². The van der Waals surface area contributed by atoms with E-state index in [1.54, 1.807) is 21.3 Å². The second-order valence-corrected chi connectivity index (χ2v) is 6.70. The molecule has 0 amide bonds. The van der Waals surface area contributed by atoms with Gasteiger partial charge in [0.1, 0.15) is 0 Å². The van der Waals surface area contributed by atoms with Crippen molar-refractivity contribution in [2.45, 2.75) is 19.4 Å². The van der Waals surface area contributed by atoms with E-state index in [-0.39, 0.29) is 5.97 Å². The molecule has 0 aliphatic carbocycles. The topological polar surface area (TPSA) is 54.0 Å². The molecule has 0 saturated carbocycles. The zero-order valence-corrected chi connectivity index (χ0v) is 11.4. The van der Waals surface area contributed by atoms with Gasteiger partial charge in [-0.1, -0.05) is 0 Å². The molecule has 0 aromatic heterocycles. The van der Waals surface area contributed by atoms with Crippen LogP contribution in [0.3, 0.4) is 0 Å². The van der Waals surface area contributed by atoms with Crippen molar-refractivity contribution < 1.29 is 22.3 Å². The third-order valence-electron chi connectivity index (χ3n) is 1.82. The van der Waals surface area contributed by atoms with Crippen molar-refractivity contribution in [1.29, 1.82) is 0 Å². The van der Waals surface area contributed by atoms with Gasteiger partial charge in [0.2, 0.25) is 0 Å². The first kappa shape index (κ1) is 14.9. The van der Waals surface area contributed by atoms with E-state index < -0.39 is 8.80 Å². The summed E-state index contributed by atoms with van der Waals surface area (Å²) in [5.41, 5.74) is 0. The third-order valence-corrected chi connectivity index (χ3v) is 5.46. The minimum Gasteiger partial charge on any atom is -0.392 e. The number of carbonyl (C=O) groups is 1. The van der Waals surface area contributed by atoms with Gasteiger partial charge in [0.05, 0.1) is 12.0 Å². The molecule has 0 heterocycles. The van der Waals surface area contributed by atoms with Crippen molar-refractivity contribution in [3.8, 4) is 0 Å². The minimum absolute atomic E-state index is 0.284. The van der Waals surface area contributed by atoms with Crippen LogP contribution < -0.4 is 0 Å². The molecule has 0 aromatic rings. The van der Waals surface area contributed by atoms with E-state index in [2.05, 4.69) is 0 Å². The molecule has 0 saturated heterocycles. The molecule has 15 heavy (non-hydrogen) atoms. The maximum Gasteiger partial charge on any atom is 0.500 e. The second-order valence-electron chi connectivity index (χ2n) is 2.80. The van der Waals surface area contributed by atoms with Crippen molar-refractivity contribution in [3.63, 3.8) is 0 Å². The SMILES string of the molecule is CO[Si](CCCSOC(C)=O)(OC)OC. The molecule has 0 spiro atoms. The van der Waals surface area contributed by atoms with E-state index >= 15 is 0 Å². The molecule has 0 bridgehead atoms. The first-order chi connectivity index (χ1) is 7.10. The van der Waals surface area contributed by atoms with Gasteiger partial charge in [-0.25, -0.2) is 0 Å². The van der Waals surface area contributed by atoms with E-state index in [0.29, 0.717) is 11.8 Å². The van der Waals surface area contributed by atoms with Crippen LogP contribution >= 0.6 is 12.0 Å². The zero-order valence-electron chi connectivity index (χ0n) is 9.57. The lowest BCUT2D eigenvalue weighted by molar-refractivity contribution is -0.130. The average Bonchev–Trinajstić information content (AvgIpc) is 2.24. The summed E-state index contributed by atoms with van der Waals surface area (Å²) in [7, 11) is 2.30. The fourth-order valence-electron chi connectivity index (χ4n) is 1.03. The number of rotatable bonds is 8. The van der Waals surface area contributed by atoms with Crippen LogP contribution in [0.15, 0.2) is 0 Å². The van der Waals surface area contributed by atoms with Gasteiger partial charge in [-0.2, -0.15) is 0 Å². The van der Waals surface area contributed by atoms with Crippen molar-refractivity contribution >= 4 is 26.8 Å². The molecule has 7 heteroatoms. The fourth-order valence-corrected chi connectivity index (χ4v) is 3.52. The standard InChI is InChI=1S/C8H18O5SSi/c1-8(9)13-14-6-5-7-15(10-2,11-3)12-4/h5-7H2,1-4H3. The minimum atomic E-state index is -2.45. The summed E-state index contributed by atoms with van der Waals surface area (Å²) in [6.45, 7) is 1.38. The fraction of sp³-hybridized carbons (Fsp3) is 0.875. The maximum atomic E-state index is 10.5. The Morgan fingerprint density at radius 1 is 1.20 bits per heavy atom. The Morgan fingerprint density at radius 3 is 2.13 bits per heavy atom. The van der Waals surface area contributed by atoms with Crippen LogP contribution in [0.4, 0.5) is 0 Å². The van der Waals surface area contributed by atoms with Gasteiger partial charge in [-0.05, 0) is 6.42 Å². The lowest BCUT2D eigenvalue weighted by Crippen LogP contribution is -2.42. The van der Waals surface area contributed by atoms with Crippen molar-refractivity contribution in [1.82, 2.24) is 0 Å². The van der Waals surface area contributed by atoms with Gasteiger partial charge in [0.25, 0.3) is 0 Å². The van der Waals surface area contributed by atoms with Crippen LogP contribution in [0.1, 0.15) is 13.3 Å². The quantitative estimate of drug-likeness (QED) is 0.371. The summed E-state index contributed by atoms with van der Waals surface area (Å²) in [6, 6.07) is 0.713. The average molecular weight is 254 g/mol. The normalized spacial score (nSPS) is 11.5. The monoisotopic (exact) mass is 254 g/mol. The van der Waals surface area contributed by atoms with Crippen LogP contribution in [0.2, 0.25) is 6.04 Å². The second kappa shape index (κ2) is 8.11. The Bertz CT molecular complexity index is 178. The molecule has 0 fully saturated rings. The Balaban J connectivity index is 3.67. The number of hydrogen-bond donors (Lipinski definition) is 0. The Morgan fingerprint density at radius 2 is 1.73 bits per heavy atom. The predicted octanol–water partition coefficient (Wildman–Crippen LogP) is 1.47. The van der Waals surface area contributed by atoms with E-state index in [0.717, 1.165) is 18.5 Å². The lowest BCUT2D eigenvalue weighted by Gasteiger charge is -2.23. The van der Waals surface area contributed by atoms with Crippen LogP contribution in [-0.4, -0.2) is 41.9 Å². The summed E-state index contributed by atoms with van der Waals surface area (Å²) >= 11 is 1.14. The van der Waals surface area contributed by atoms with Crippen molar-refractivity contribution in [3.05, 3.63) is 0 Å². The van der Waals surface area contributed by atoms with E-state index in [1.165, 1.54) is 6.92 Å². The molecule has 0 unspecified atom stereocenters. The summed E-state index contributed by atoms with van der Waals surface area (Å²) in [5, 5.41) is 0. The number of hydrogen-bond acceptors (Lipinski definition) is 6. The summed E-state index contributed by atoms with van der Waals surface area (Å²) < 4.78 is 20.5. The molecule has 0 aromatic carbocycles. The first-order valence-corrected chi connectivity index (χ1v) is 7.40. The van der Waals surface area contributed by atoms with Gasteiger partial charge in [0, 0.05) is 40.1 Å². The molecule has 5 nitrogen and oxygen atoms in total. The maximum absolute atomic E-state index is 10.5. The van der Waals surface area contributed by atoms with E-state index in [4.69, 9.17) is 17.5 Å². The molecular weight excluding hydrogens is 236 g/mol. The highest BCUT2D eigenvalue weighted by atomic mass is 32.2. The van der Waals surface area contributed by atoms with E-state index in [1.807, 2.05) is 0 Å². The highest BCUT2D eigenvalue weighted by Gasteiger charge is 2.36. The van der Waals surface area contributed by atoms with Gasteiger partial charge < -0.3 is 17.5 Å². The Kier molecular flexibility index (Phi) is 8.07. The molecule has 0 aliphatic heterocycles. The third kappa shape index (κ3) is 6.16. The Hall–Kier alpha value is -0.0831. The van der Waals surface area contributed by atoms with Crippen molar-refractivity contribution in [2.24, 2.45) is 0 Å². The molecule has 0 rings (SSSR count). The first-order valence-electron chi connectivity index (χ1n) is 4.55. The lowest BCUT2D eigenvalue weighted by atomic mass is 10.6. The molecule has 0 atom stereocenters. The summed E-state index contributed by atoms with van der Waals surface area (Å²) in [6.07, 6.45) is 0.819. The Labute approximate surface area is 96.0 Å². The van der Waals surface area contributed by atoms with E-state index in [9.17, 15) is 4.79 Å². The molecular formula is C8H18O5SSi. The van der Waals surface area contributed by atoms with Gasteiger partial charge in [0.15, 0.2) is 0 Å². The molecule has 0 N–H and O–H groups in total. The summed E-state index contributed by atoms with van der Waals surface area (Å²) in [5.74, 6) is 0.429. The van der Waals surface area contributed by atoms with Crippen LogP contribution in [-0.2, 0) is 22.3 Å². The van der Waals surface area contributed by atoms with Gasteiger partial charge in [-0.15, -0.1) is 0 Å². The smallest absolute Gasteiger partial charge is 0.392 e. The summed E-state index contributed by atoms with van der Waals surface area (Å²) in [4.78, 5) is 10.5. The number of carbonyl (C=O) groups excluding carboxylic acids is 1. The zero-order chi connectivity index (χ0) is 11.7. The van der Waals surface area contributed by atoms with Crippen LogP contribution in [0.25, 0.3) is 0 Å². The highest BCUT2D eigenvalue weighted by Crippen LogP contribution is 2.17. The van der Waals surface area contributed by atoms with Gasteiger partial charge >= 0.3 is 14.8 Å². The van der Waals surface area contributed by atoms with Crippen molar-refractivity contribution in [2.75, 3.05) is 27.1 Å². The molecule has 0 aliphatic rings. The molecule has 0 radical (unpaired) electrons. The highest BCUT2D eigenvalue weighted by molar-refractivity contribution is 7.95. The largest absolute Gasteiger partial charge is 0.500 e. The predicted molar refractivity (Wildman–Crippen MR) is 60.4 cm³/mol. The molecule has 90 valence electrons. The van der Waals surface area contributed by atoms with Crippen LogP contribution in [0.5, 0.6) is 0 Å².